The van der Waals surface area contributed by atoms with Crippen molar-refractivity contribution in [1.29, 1.82) is 0 Å². The van der Waals surface area contributed by atoms with Crippen molar-refractivity contribution in [2.75, 3.05) is 6.54 Å². The molecule has 1 saturated carbocycles. The SMILES string of the molecule is CC(C)C(C(=O)NCCC(=O)O)S(=O)(=O)C1CCCCC1. The van der Waals surface area contributed by atoms with Crippen LogP contribution < -0.4 is 5.32 Å². The number of sulfone groups is 1. The van der Waals surface area contributed by atoms with E-state index in [1.807, 2.05) is 0 Å². The first-order chi connectivity index (χ1) is 9.76. The van der Waals surface area contributed by atoms with Crippen molar-refractivity contribution >= 4 is 21.7 Å². The molecule has 1 rings (SSSR count). The number of carboxylic acid groups (broad SMARTS) is 1. The average Bonchev–Trinajstić information content (AvgIpc) is 2.38. The number of aliphatic carboxylic acids is 1. The largest absolute Gasteiger partial charge is 0.481 e. The number of hydrogen-bond donors (Lipinski definition) is 2. The summed E-state index contributed by atoms with van der Waals surface area (Å²) in [7, 11) is -3.53. The molecule has 0 aromatic carbocycles. The number of nitrogens with one attached hydrogen (secondary N) is 1. The van der Waals surface area contributed by atoms with Crippen LogP contribution in [0, 0.1) is 5.92 Å². The molecule has 0 aromatic rings. The molecule has 6 nitrogen and oxygen atoms in total. The van der Waals surface area contributed by atoms with Crippen LogP contribution in [-0.2, 0) is 19.4 Å². The molecule has 1 atom stereocenters. The summed E-state index contributed by atoms with van der Waals surface area (Å²) in [6.45, 7) is 3.38. The van der Waals surface area contributed by atoms with Crippen LogP contribution in [0.2, 0.25) is 0 Å². The Balaban J connectivity index is 2.79. The zero-order valence-electron chi connectivity index (χ0n) is 12.7. The zero-order valence-corrected chi connectivity index (χ0v) is 13.5. The fourth-order valence-corrected chi connectivity index (χ4v) is 5.37. The summed E-state index contributed by atoms with van der Waals surface area (Å²) in [4.78, 5) is 22.6. The Morgan fingerprint density at radius 2 is 1.76 bits per heavy atom. The monoisotopic (exact) mass is 319 g/mol. The fourth-order valence-electron chi connectivity index (χ4n) is 2.83. The molecule has 21 heavy (non-hydrogen) atoms. The highest BCUT2D eigenvalue weighted by Crippen LogP contribution is 2.29. The Morgan fingerprint density at radius 3 is 2.24 bits per heavy atom. The van der Waals surface area contributed by atoms with Gasteiger partial charge in [-0.2, -0.15) is 0 Å². The van der Waals surface area contributed by atoms with Crippen molar-refractivity contribution in [2.45, 2.75) is 62.9 Å². The third-order valence-electron chi connectivity index (χ3n) is 3.87. The second kappa shape index (κ2) is 7.77. The van der Waals surface area contributed by atoms with Gasteiger partial charge in [0.05, 0.1) is 11.7 Å². The van der Waals surface area contributed by atoms with E-state index in [1.54, 1.807) is 13.8 Å². The van der Waals surface area contributed by atoms with E-state index in [1.165, 1.54) is 0 Å². The van der Waals surface area contributed by atoms with E-state index in [4.69, 9.17) is 5.11 Å². The molecule has 1 unspecified atom stereocenters. The minimum Gasteiger partial charge on any atom is -0.481 e. The van der Waals surface area contributed by atoms with E-state index in [0.29, 0.717) is 12.8 Å². The normalized spacial score (nSPS) is 18.4. The number of carbonyl (C=O) groups is 2. The van der Waals surface area contributed by atoms with E-state index < -0.39 is 32.2 Å². The lowest BCUT2D eigenvalue weighted by Gasteiger charge is -2.28. The molecule has 1 amide bonds. The number of carbonyl (C=O) groups excluding carboxylic acids is 1. The van der Waals surface area contributed by atoms with Gasteiger partial charge < -0.3 is 10.4 Å². The topological polar surface area (TPSA) is 101 Å². The van der Waals surface area contributed by atoms with Gasteiger partial charge in [-0.15, -0.1) is 0 Å². The number of carboxylic acids is 1. The Labute approximate surface area is 126 Å². The zero-order chi connectivity index (χ0) is 16.0. The van der Waals surface area contributed by atoms with Crippen molar-refractivity contribution < 1.29 is 23.1 Å². The Bertz CT molecular complexity index is 466. The standard InChI is InChI=1S/C14H25NO5S/c1-10(2)13(14(18)15-9-8-12(16)17)21(19,20)11-6-4-3-5-7-11/h10-11,13H,3-9H2,1-2H3,(H,15,18)(H,16,17). The van der Waals surface area contributed by atoms with Crippen LogP contribution in [0.5, 0.6) is 0 Å². The van der Waals surface area contributed by atoms with E-state index in [-0.39, 0.29) is 18.9 Å². The first-order valence-electron chi connectivity index (χ1n) is 7.49. The molecule has 0 radical (unpaired) electrons. The maximum atomic E-state index is 12.7. The van der Waals surface area contributed by atoms with Gasteiger partial charge in [-0.3, -0.25) is 9.59 Å². The molecule has 1 fully saturated rings. The van der Waals surface area contributed by atoms with Crippen molar-refractivity contribution in [3.63, 3.8) is 0 Å². The van der Waals surface area contributed by atoms with Crippen molar-refractivity contribution in [1.82, 2.24) is 5.32 Å². The van der Waals surface area contributed by atoms with Crippen LogP contribution >= 0.6 is 0 Å². The number of rotatable bonds is 7. The molecule has 2 N–H and O–H groups in total. The molecule has 0 bridgehead atoms. The summed E-state index contributed by atoms with van der Waals surface area (Å²) in [5, 5.41) is 9.48. The van der Waals surface area contributed by atoms with Crippen LogP contribution in [0.3, 0.4) is 0 Å². The molecular weight excluding hydrogens is 294 g/mol. The summed E-state index contributed by atoms with van der Waals surface area (Å²) in [5.41, 5.74) is 0. The van der Waals surface area contributed by atoms with Gasteiger partial charge in [-0.05, 0) is 18.8 Å². The van der Waals surface area contributed by atoms with Crippen LogP contribution in [0.4, 0.5) is 0 Å². The Morgan fingerprint density at radius 1 is 1.19 bits per heavy atom. The predicted molar refractivity (Wildman–Crippen MR) is 79.7 cm³/mol. The fraction of sp³-hybridized carbons (Fsp3) is 0.857. The average molecular weight is 319 g/mol. The summed E-state index contributed by atoms with van der Waals surface area (Å²) in [6.07, 6.45) is 3.84. The molecular formula is C14H25NO5S. The molecule has 122 valence electrons. The maximum absolute atomic E-state index is 12.7. The van der Waals surface area contributed by atoms with Crippen LogP contribution in [0.1, 0.15) is 52.4 Å². The van der Waals surface area contributed by atoms with Gasteiger partial charge in [0.15, 0.2) is 9.84 Å². The molecule has 1 aliphatic rings. The predicted octanol–water partition coefficient (Wildman–Crippen LogP) is 1.35. The minimum atomic E-state index is -3.53. The first-order valence-corrected chi connectivity index (χ1v) is 9.10. The highest BCUT2D eigenvalue weighted by Gasteiger charge is 2.40. The van der Waals surface area contributed by atoms with E-state index in [9.17, 15) is 18.0 Å². The highest BCUT2D eigenvalue weighted by atomic mass is 32.2. The lowest BCUT2D eigenvalue weighted by atomic mass is 10.0. The maximum Gasteiger partial charge on any atom is 0.305 e. The van der Waals surface area contributed by atoms with Gasteiger partial charge in [-0.25, -0.2) is 8.42 Å². The second-order valence-electron chi connectivity index (χ2n) is 5.95. The summed E-state index contributed by atoms with van der Waals surface area (Å²) in [5.74, 6) is -1.93. The van der Waals surface area contributed by atoms with Crippen molar-refractivity contribution in [3.8, 4) is 0 Å². The van der Waals surface area contributed by atoms with E-state index in [2.05, 4.69) is 5.32 Å². The van der Waals surface area contributed by atoms with Gasteiger partial charge in [-0.1, -0.05) is 33.1 Å². The molecule has 1 aliphatic carbocycles. The smallest absolute Gasteiger partial charge is 0.305 e. The van der Waals surface area contributed by atoms with Gasteiger partial charge in [0.25, 0.3) is 0 Å². The van der Waals surface area contributed by atoms with E-state index >= 15 is 0 Å². The Kier molecular flexibility index (Phi) is 6.64. The van der Waals surface area contributed by atoms with Crippen LogP contribution in [-0.4, -0.2) is 42.4 Å². The van der Waals surface area contributed by atoms with Crippen LogP contribution in [0.15, 0.2) is 0 Å². The third-order valence-corrected chi connectivity index (χ3v) is 6.74. The Hall–Kier alpha value is -1.11. The quantitative estimate of drug-likeness (QED) is 0.737. The second-order valence-corrected chi connectivity index (χ2v) is 8.30. The molecule has 7 heteroatoms. The molecule has 0 heterocycles. The third kappa shape index (κ3) is 4.98. The lowest BCUT2D eigenvalue weighted by molar-refractivity contribution is -0.136. The summed E-state index contributed by atoms with van der Waals surface area (Å²) >= 11 is 0. The van der Waals surface area contributed by atoms with E-state index in [0.717, 1.165) is 19.3 Å². The van der Waals surface area contributed by atoms with Crippen molar-refractivity contribution in [3.05, 3.63) is 0 Å². The molecule has 0 spiro atoms. The molecule has 0 aliphatic heterocycles. The van der Waals surface area contributed by atoms with Gasteiger partial charge in [0.1, 0.15) is 5.25 Å². The highest BCUT2D eigenvalue weighted by molar-refractivity contribution is 7.93. The number of amides is 1. The lowest BCUT2D eigenvalue weighted by Crippen LogP contribution is -2.47. The molecule has 0 aromatic heterocycles. The first kappa shape index (κ1) is 17.9. The van der Waals surface area contributed by atoms with Crippen LogP contribution in [0.25, 0.3) is 0 Å². The van der Waals surface area contributed by atoms with Crippen molar-refractivity contribution in [2.24, 2.45) is 5.92 Å². The minimum absolute atomic E-state index is 0.0441. The summed E-state index contributed by atoms with van der Waals surface area (Å²) < 4.78 is 25.4. The van der Waals surface area contributed by atoms with Gasteiger partial charge in [0.2, 0.25) is 5.91 Å². The van der Waals surface area contributed by atoms with Gasteiger partial charge >= 0.3 is 5.97 Å². The number of hydrogen-bond acceptors (Lipinski definition) is 4. The molecule has 0 saturated heterocycles. The van der Waals surface area contributed by atoms with Gasteiger partial charge in [0, 0.05) is 6.54 Å². The summed E-state index contributed by atoms with van der Waals surface area (Å²) in [6, 6.07) is 0.